The number of carbonyl (C=O) groups excluding carboxylic acids is 1. The molecule has 0 bridgehead atoms. The van der Waals surface area contributed by atoms with E-state index in [2.05, 4.69) is 30.1 Å². The van der Waals surface area contributed by atoms with Gasteiger partial charge in [0.05, 0.1) is 19.1 Å². The molecule has 134 valence electrons. The second-order valence-electron chi connectivity index (χ2n) is 6.32. The van der Waals surface area contributed by atoms with Crippen molar-refractivity contribution in [2.24, 2.45) is 0 Å². The van der Waals surface area contributed by atoms with E-state index in [1.807, 2.05) is 18.2 Å². The average Bonchev–Trinajstić information content (AvgIpc) is 2.55. The molecule has 1 aliphatic rings. The third kappa shape index (κ3) is 7.01. The van der Waals surface area contributed by atoms with Crippen molar-refractivity contribution >= 4 is 29.3 Å². The van der Waals surface area contributed by atoms with Gasteiger partial charge in [0.25, 0.3) is 0 Å². The number of hydrogen-bond donors (Lipinski definition) is 1. The lowest BCUT2D eigenvalue weighted by atomic mass is 10.1. The maximum absolute atomic E-state index is 12.0. The third-order valence-electron chi connectivity index (χ3n) is 4.04. The summed E-state index contributed by atoms with van der Waals surface area (Å²) in [5.74, 6) is 1.88. The fraction of sp³-hybridized carbons (Fsp3) is 0.611. The van der Waals surface area contributed by atoms with Crippen LogP contribution in [-0.2, 0) is 15.3 Å². The van der Waals surface area contributed by atoms with Crippen molar-refractivity contribution in [1.29, 1.82) is 0 Å². The highest BCUT2D eigenvalue weighted by Gasteiger charge is 2.24. The number of amides is 1. The van der Waals surface area contributed by atoms with Crippen LogP contribution in [0.1, 0.15) is 25.8 Å². The highest BCUT2D eigenvalue weighted by Crippen LogP contribution is 2.16. The predicted octanol–water partition coefficient (Wildman–Crippen LogP) is 3.19. The van der Waals surface area contributed by atoms with Crippen molar-refractivity contribution in [3.8, 4) is 0 Å². The van der Waals surface area contributed by atoms with E-state index in [0.717, 1.165) is 29.6 Å². The maximum Gasteiger partial charge on any atom is 0.222 e. The molecule has 0 aliphatic carbocycles. The second-order valence-corrected chi connectivity index (χ2v) is 7.86. The van der Waals surface area contributed by atoms with Crippen LogP contribution in [-0.4, -0.2) is 54.9 Å². The number of carbonyl (C=O) groups is 1. The van der Waals surface area contributed by atoms with Gasteiger partial charge in [-0.1, -0.05) is 23.7 Å². The number of ether oxygens (including phenoxy) is 1. The Kier molecular flexibility index (Phi) is 8.39. The number of nitrogens with zero attached hydrogens (tertiary/aromatic N) is 1. The summed E-state index contributed by atoms with van der Waals surface area (Å²) < 4.78 is 5.71. The van der Waals surface area contributed by atoms with Gasteiger partial charge in [-0.15, -0.1) is 0 Å². The third-order valence-corrected chi connectivity index (χ3v) is 5.31. The molecule has 4 nitrogen and oxygen atoms in total. The molecule has 1 aliphatic heterocycles. The molecule has 1 heterocycles. The molecule has 1 N–H and O–H groups in total. The van der Waals surface area contributed by atoms with E-state index in [0.29, 0.717) is 25.6 Å². The molecule has 1 aromatic rings. The van der Waals surface area contributed by atoms with Crippen molar-refractivity contribution in [2.75, 3.05) is 32.0 Å². The number of nitrogens with one attached hydrogen (secondary N) is 1. The van der Waals surface area contributed by atoms with Crippen molar-refractivity contribution in [1.82, 2.24) is 10.2 Å². The molecule has 6 heteroatoms. The van der Waals surface area contributed by atoms with Gasteiger partial charge in [-0.3, -0.25) is 9.69 Å². The molecule has 1 amide bonds. The van der Waals surface area contributed by atoms with Crippen LogP contribution in [0.2, 0.25) is 5.02 Å². The minimum absolute atomic E-state index is 0.0141. The molecule has 0 unspecified atom stereocenters. The quantitative estimate of drug-likeness (QED) is 0.713. The maximum atomic E-state index is 12.0. The molecular formula is C18H27ClN2O2S. The van der Waals surface area contributed by atoms with E-state index in [1.165, 1.54) is 5.56 Å². The van der Waals surface area contributed by atoms with Crippen LogP contribution in [0.15, 0.2) is 24.3 Å². The summed E-state index contributed by atoms with van der Waals surface area (Å²) in [7, 11) is 0. The van der Waals surface area contributed by atoms with Crippen LogP contribution < -0.4 is 5.32 Å². The Morgan fingerprint density at radius 3 is 3.08 bits per heavy atom. The predicted molar refractivity (Wildman–Crippen MR) is 102 cm³/mol. The molecule has 1 atom stereocenters. The monoisotopic (exact) mass is 370 g/mol. The van der Waals surface area contributed by atoms with Gasteiger partial charge in [-0.25, -0.2) is 0 Å². The number of hydrogen-bond acceptors (Lipinski definition) is 4. The van der Waals surface area contributed by atoms with Crippen molar-refractivity contribution in [3.63, 3.8) is 0 Å². The zero-order chi connectivity index (χ0) is 17.4. The topological polar surface area (TPSA) is 41.6 Å². The summed E-state index contributed by atoms with van der Waals surface area (Å²) in [4.78, 5) is 14.4. The normalized spacial score (nSPS) is 18.8. The zero-order valence-electron chi connectivity index (χ0n) is 14.5. The molecule has 0 aromatic heterocycles. The van der Waals surface area contributed by atoms with E-state index >= 15 is 0 Å². The molecule has 0 radical (unpaired) electrons. The van der Waals surface area contributed by atoms with Crippen LogP contribution in [0.3, 0.4) is 0 Å². The minimum atomic E-state index is 0.0141. The summed E-state index contributed by atoms with van der Waals surface area (Å²) in [6.07, 6.45) is 0.461. The van der Waals surface area contributed by atoms with Gasteiger partial charge in [-0.05, 0) is 31.5 Å². The van der Waals surface area contributed by atoms with Crippen molar-refractivity contribution in [2.45, 2.75) is 38.2 Å². The van der Waals surface area contributed by atoms with Crippen LogP contribution in [0.4, 0.5) is 0 Å². The molecule has 24 heavy (non-hydrogen) atoms. The summed E-state index contributed by atoms with van der Waals surface area (Å²) in [5.41, 5.74) is 1.21. The number of halogens is 1. The summed E-state index contributed by atoms with van der Waals surface area (Å²) in [6.45, 7) is 7.56. The standard InChI is InChI=1S/C18H27ClN2O2S/c1-14(2)21-7-8-23-17(12-21)11-18(22)20-6-9-24-13-15-4-3-5-16(19)10-15/h3-5,10,14,17H,6-9,11-13H2,1-2H3,(H,20,22)/t17-/m0/s1. The average molecular weight is 371 g/mol. The molecule has 1 saturated heterocycles. The first-order valence-electron chi connectivity index (χ1n) is 8.49. The smallest absolute Gasteiger partial charge is 0.222 e. The molecule has 2 rings (SSSR count). The van der Waals surface area contributed by atoms with Crippen LogP contribution in [0.25, 0.3) is 0 Å². The first-order valence-corrected chi connectivity index (χ1v) is 10.0. The molecule has 0 spiro atoms. The highest BCUT2D eigenvalue weighted by atomic mass is 35.5. The van der Waals surface area contributed by atoms with Gasteiger partial charge in [0.2, 0.25) is 5.91 Å². The lowest BCUT2D eigenvalue weighted by molar-refractivity contribution is -0.126. The zero-order valence-corrected chi connectivity index (χ0v) is 16.0. The molecule has 1 aromatic carbocycles. The lowest BCUT2D eigenvalue weighted by Gasteiger charge is -2.35. The Morgan fingerprint density at radius 1 is 1.50 bits per heavy atom. The summed E-state index contributed by atoms with van der Waals surface area (Å²) >= 11 is 7.76. The number of thioether (sulfide) groups is 1. The Bertz CT molecular complexity index is 527. The first kappa shape index (κ1) is 19.6. The van der Waals surface area contributed by atoms with Gasteiger partial charge in [-0.2, -0.15) is 11.8 Å². The Morgan fingerprint density at radius 2 is 2.33 bits per heavy atom. The Hall–Kier alpha value is -0.750. The Balaban J connectivity index is 1.58. The van der Waals surface area contributed by atoms with E-state index in [1.54, 1.807) is 11.8 Å². The van der Waals surface area contributed by atoms with Gasteiger partial charge in [0.15, 0.2) is 0 Å². The van der Waals surface area contributed by atoms with E-state index in [9.17, 15) is 4.79 Å². The number of morpholine rings is 1. The van der Waals surface area contributed by atoms with E-state index in [-0.39, 0.29) is 12.0 Å². The van der Waals surface area contributed by atoms with Gasteiger partial charge < -0.3 is 10.1 Å². The lowest BCUT2D eigenvalue weighted by Crippen LogP contribution is -2.47. The SMILES string of the molecule is CC(C)N1CCO[C@@H](CC(=O)NCCSCc2cccc(Cl)c2)C1. The Labute approximate surface area is 154 Å². The van der Waals surface area contributed by atoms with Gasteiger partial charge in [0.1, 0.15) is 0 Å². The molecular weight excluding hydrogens is 344 g/mol. The fourth-order valence-corrected chi connectivity index (χ4v) is 3.71. The van der Waals surface area contributed by atoms with E-state index in [4.69, 9.17) is 16.3 Å². The largest absolute Gasteiger partial charge is 0.375 e. The van der Waals surface area contributed by atoms with Crippen LogP contribution in [0, 0.1) is 0 Å². The minimum Gasteiger partial charge on any atom is -0.375 e. The highest BCUT2D eigenvalue weighted by molar-refractivity contribution is 7.98. The van der Waals surface area contributed by atoms with Crippen LogP contribution >= 0.6 is 23.4 Å². The van der Waals surface area contributed by atoms with Crippen LogP contribution in [0.5, 0.6) is 0 Å². The summed E-state index contributed by atoms with van der Waals surface area (Å²) in [5, 5.41) is 3.76. The first-order chi connectivity index (χ1) is 11.5. The molecule has 0 saturated carbocycles. The van der Waals surface area contributed by atoms with E-state index < -0.39 is 0 Å². The number of rotatable bonds is 8. The molecule has 1 fully saturated rings. The van der Waals surface area contributed by atoms with Crippen molar-refractivity contribution in [3.05, 3.63) is 34.9 Å². The van der Waals surface area contributed by atoms with Crippen molar-refractivity contribution < 1.29 is 9.53 Å². The van der Waals surface area contributed by atoms with Gasteiger partial charge in [0, 0.05) is 42.2 Å². The fourth-order valence-electron chi connectivity index (χ4n) is 2.69. The number of benzene rings is 1. The second kappa shape index (κ2) is 10.3. The summed E-state index contributed by atoms with van der Waals surface area (Å²) in [6, 6.07) is 8.39. The van der Waals surface area contributed by atoms with Gasteiger partial charge >= 0.3 is 0 Å².